The number of rotatable bonds is 5. The molecule has 6 heteroatoms. The average molecular weight is 316 g/mol. The second kappa shape index (κ2) is 6.60. The first-order chi connectivity index (χ1) is 10.7. The lowest BCUT2D eigenvalue weighted by molar-refractivity contribution is 0.108. The number of hydrogen-bond acceptors (Lipinski definition) is 4. The number of hydrogen-bond donors (Lipinski definition) is 1. The molecule has 2 aromatic carbocycles. The normalized spacial score (nSPS) is 12.1. The Hall–Kier alpha value is -2.37. The number of aliphatic hydroxyl groups excluding tert-OH is 1. The summed E-state index contributed by atoms with van der Waals surface area (Å²) in [6.07, 6.45) is 2.40. The molecule has 0 aliphatic rings. The number of aliphatic hydroxyl groups is 1. The molecule has 0 bridgehead atoms. The molecule has 0 radical (unpaired) electrons. The Morgan fingerprint density at radius 1 is 1.09 bits per heavy atom. The topological polar surface area (TPSA) is 60.2 Å². The van der Waals surface area contributed by atoms with Crippen LogP contribution in [0.2, 0.25) is 5.02 Å². The number of benzene rings is 2. The van der Waals surface area contributed by atoms with E-state index in [1.54, 1.807) is 35.3 Å². The van der Waals surface area contributed by atoms with Gasteiger partial charge in [0.2, 0.25) is 0 Å². The Morgan fingerprint density at radius 2 is 1.82 bits per heavy atom. The monoisotopic (exact) mass is 315 g/mol. The van der Waals surface area contributed by atoms with Crippen LogP contribution in [0.25, 0.3) is 5.69 Å². The van der Waals surface area contributed by atoms with Crippen molar-refractivity contribution in [3.05, 3.63) is 71.8 Å². The summed E-state index contributed by atoms with van der Waals surface area (Å²) in [6, 6.07) is 14.4. The highest BCUT2D eigenvalue weighted by Gasteiger charge is 2.08. The van der Waals surface area contributed by atoms with Gasteiger partial charge in [-0.15, -0.1) is 0 Å². The third kappa shape index (κ3) is 3.44. The molecule has 3 aromatic rings. The summed E-state index contributed by atoms with van der Waals surface area (Å²) in [4.78, 5) is 3.90. The highest BCUT2D eigenvalue weighted by molar-refractivity contribution is 6.30. The van der Waals surface area contributed by atoms with Crippen molar-refractivity contribution >= 4 is 11.6 Å². The van der Waals surface area contributed by atoms with Crippen LogP contribution in [-0.4, -0.2) is 26.5 Å². The molecular formula is C16H14ClN3O2. The lowest BCUT2D eigenvalue weighted by atomic mass is 10.1. The van der Waals surface area contributed by atoms with E-state index in [2.05, 4.69) is 10.1 Å². The first-order valence-electron chi connectivity index (χ1n) is 6.74. The van der Waals surface area contributed by atoms with Gasteiger partial charge in [-0.3, -0.25) is 0 Å². The number of aromatic nitrogens is 3. The lowest BCUT2D eigenvalue weighted by Crippen LogP contribution is -2.09. The quantitative estimate of drug-likeness (QED) is 0.786. The highest BCUT2D eigenvalue weighted by Crippen LogP contribution is 2.19. The molecule has 3 rings (SSSR count). The van der Waals surface area contributed by atoms with E-state index in [0.29, 0.717) is 10.8 Å². The third-order valence-corrected chi connectivity index (χ3v) is 3.43. The Bertz CT molecular complexity index is 712. The van der Waals surface area contributed by atoms with Crippen molar-refractivity contribution in [1.29, 1.82) is 0 Å². The minimum absolute atomic E-state index is 0.171. The Balaban J connectivity index is 1.60. The molecule has 1 aromatic heterocycles. The molecule has 1 heterocycles. The summed E-state index contributed by atoms with van der Waals surface area (Å²) in [5.41, 5.74) is 1.66. The van der Waals surface area contributed by atoms with Gasteiger partial charge in [-0.1, -0.05) is 23.7 Å². The fourth-order valence-electron chi connectivity index (χ4n) is 1.99. The van der Waals surface area contributed by atoms with Gasteiger partial charge in [0.15, 0.2) is 0 Å². The smallest absolute Gasteiger partial charge is 0.138 e. The SMILES string of the molecule is OC(COc1ccc(-n2cncn2)cc1)c1ccc(Cl)cc1. The second-order valence-electron chi connectivity index (χ2n) is 4.71. The van der Waals surface area contributed by atoms with Crippen molar-refractivity contribution in [2.24, 2.45) is 0 Å². The summed E-state index contributed by atoms with van der Waals surface area (Å²) in [5.74, 6) is 0.678. The van der Waals surface area contributed by atoms with E-state index in [4.69, 9.17) is 16.3 Å². The fourth-order valence-corrected chi connectivity index (χ4v) is 2.12. The van der Waals surface area contributed by atoms with Crippen molar-refractivity contribution in [2.75, 3.05) is 6.61 Å². The maximum atomic E-state index is 10.1. The molecule has 22 heavy (non-hydrogen) atoms. The van der Waals surface area contributed by atoms with Gasteiger partial charge in [0.1, 0.15) is 31.1 Å². The summed E-state index contributed by atoms with van der Waals surface area (Å²) >= 11 is 5.82. The van der Waals surface area contributed by atoms with Crippen LogP contribution in [0, 0.1) is 0 Å². The predicted octanol–water partition coefficient (Wildman–Crippen LogP) is 3.03. The van der Waals surface area contributed by atoms with Crippen LogP contribution in [0.15, 0.2) is 61.2 Å². The molecule has 5 nitrogen and oxygen atoms in total. The van der Waals surface area contributed by atoms with Gasteiger partial charge in [0, 0.05) is 5.02 Å². The van der Waals surface area contributed by atoms with E-state index in [1.807, 2.05) is 24.3 Å². The minimum Gasteiger partial charge on any atom is -0.491 e. The highest BCUT2D eigenvalue weighted by atomic mass is 35.5. The summed E-state index contributed by atoms with van der Waals surface area (Å²) in [6.45, 7) is 0.171. The van der Waals surface area contributed by atoms with Gasteiger partial charge in [-0.2, -0.15) is 5.10 Å². The molecule has 0 saturated heterocycles. The average Bonchev–Trinajstić information content (AvgIpc) is 3.08. The molecule has 0 aliphatic carbocycles. The minimum atomic E-state index is -0.702. The van der Waals surface area contributed by atoms with Crippen molar-refractivity contribution in [3.8, 4) is 11.4 Å². The number of nitrogens with zero attached hydrogens (tertiary/aromatic N) is 3. The molecule has 0 fully saturated rings. The molecule has 1 N–H and O–H groups in total. The maximum Gasteiger partial charge on any atom is 0.138 e. The molecule has 112 valence electrons. The molecule has 0 saturated carbocycles. The zero-order valence-electron chi connectivity index (χ0n) is 11.6. The molecular weight excluding hydrogens is 302 g/mol. The Morgan fingerprint density at radius 3 is 2.45 bits per heavy atom. The van der Waals surface area contributed by atoms with Crippen LogP contribution < -0.4 is 4.74 Å². The van der Waals surface area contributed by atoms with Crippen LogP contribution in [-0.2, 0) is 0 Å². The van der Waals surface area contributed by atoms with Crippen molar-refractivity contribution in [1.82, 2.24) is 14.8 Å². The number of halogens is 1. The van der Waals surface area contributed by atoms with E-state index in [9.17, 15) is 5.11 Å². The zero-order chi connectivity index (χ0) is 15.4. The van der Waals surface area contributed by atoms with Crippen LogP contribution in [0.1, 0.15) is 11.7 Å². The van der Waals surface area contributed by atoms with Crippen LogP contribution in [0.5, 0.6) is 5.75 Å². The Kier molecular flexibility index (Phi) is 4.37. The largest absolute Gasteiger partial charge is 0.491 e. The lowest BCUT2D eigenvalue weighted by Gasteiger charge is -2.13. The van der Waals surface area contributed by atoms with Crippen molar-refractivity contribution in [3.63, 3.8) is 0 Å². The maximum absolute atomic E-state index is 10.1. The van der Waals surface area contributed by atoms with Gasteiger partial charge in [0.25, 0.3) is 0 Å². The number of ether oxygens (including phenoxy) is 1. The summed E-state index contributed by atoms with van der Waals surface area (Å²) in [5, 5.41) is 14.8. The van der Waals surface area contributed by atoms with Gasteiger partial charge < -0.3 is 9.84 Å². The zero-order valence-corrected chi connectivity index (χ0v) is 12.4. The molecule has 1 unspecified atom stereocenters. The second-order valence-corrected chi connectivity index (χ2v) is 5.15. The van der Waals surface area contributed by atoms with Gasteiger partial charge in [-0.05, 0) is 42.0 Å². The van der Waals surface area contributed by atoms with E-state index in [0.717, 1.165) is 11.3 Å². The molecule has 1 atom stereocenters. The van der Waals surface area contributed by atoms with E-state index < -0.39 is 6.10 Å². The van der Waals surface area contributed by atoms with Crippen LogP contribution in [0.4, 0.5) is 0 Å². The van der Waals surface area contributed by atoms with Gasteiger partial charge in [0.05, 0.1) is 5.69 Å². The van der Waals surface area contributed by atoms with Gasteiger partial charge in [-0.25, -0.2) is 9.67 Å². The first kappa shape index (κ1) is 14.6. The van der Waals surface area contributed by atoms with E-state index in [-0.39, 0.29) is 6.61 Å². The fraction of sp³-hybridized carbons (Fsp3) is 0.125. The van der Waals surface area contributed by atoms with Crippen LogP contribution in [0.3, 0.4) is 0 Å². The molecule has 0 spiro atoms. The first-order valence-corrected chi connectivity index (χ1v) is 7.11. The third-order valence-electron chi connectivity index (χ3n) is 3.18. The Labute approximate surface area is 132 Å². The predicted molar refractivity (Wildman–Crippen MR) is 83.3 cm³/mol. The van der Waals surface area contributed by atoms with Crippen molar-refractivity contribution < 1.29 is 9.84 Å². The standard InChI is InChI=1S/C16H14ClN3O2/c17-13-3-1-12(2-4-13)16(21)9-22-15-7-5-14(6-8-15)20-11-18-10-19-20/h1-8,10-11,16,21H,9H2. The summed E-state index contributed by atoms with van der Waals surface area (Å²) in [7, 11) is 0. The van der Waals surface area contributed by atoms with Crippen LogP contribution >= 0.6 is 11.6 Å². The molecule has 0 amide bonds. The van der Waals surface area contributed by atoms with E-state index >= 15 is 0 Å². The van der Waals surface area contributed by atoms with Gasteiger partial charge >= 0.3 is 0 Å². The van der Waals surface area contributed by atoms with E-state index in [1.165, 1.54) is 6.33 Å². The summed E-state index contributed by atoms with van der Waals surface area (Å²) < 4.78 is 7.26. The van der Waals surface area contributed by atoms with Crippen molar-refractivity contribution in [2.45, 2.75) is 6.10 Å². The molecule has 0 aliphatic heterocycles.